The van der Waals surface area contributed by atoms with Crippen molar-refractivity contribution >= 4 is 45.5 Å². The normalized spacial score (nSPS) is 15.0. The summed E-state index contributed by atoms with van der Waals surface area (Å²) in [6, 6.07) is 15.4. The lowest BCUT2D eigenvalue weighted by molar-refractivity contribution is -0.122. The highest BCUT2D eigenvalue weighted by Gasteiger charge is 2.37. The van der Waals surface area contributed by atoms with Gasteiger partial charge in [0.05, 0.1) is 5.69 Å². The van der Waals surface area contributed by atoms with E-state index in [2.05, 4.69) is 21.2 Å². The van der Waals surface area contributed by atoms with Crippen LogP contribution in [-0.4, -0.2) is 17.8 Å². The third-order valence-electron chi connectivity index (χ3n) is 5.43. The van der Waals surface area contributed by atoms with Gasteiger partial charge in [0.15, 0.2) is 0 Å². The number of hydrogen-bond donors (Lipinski definition) is 1. The molecule has 0 atom stereocenters. The first-order valence-corrected chi connectivity index (χ1v) is 11.2. The van der Waals surface area contributed by atoms with Crippen molar-refractivity contribution in [1.82, 2.24) is 5.32 Å². The molecule has 0 spiro atoms. The van der Waals surface area contributed by atoms with E-state index in [4.69, 9.17) is 4.74 Å². The van der Waals surface area contributed by atoms with E-state index < -0.39 is 17.8 Å². The number of amides is 4. The molecule has 1 fully saturated rings. The average Bonchev–Trinajstić information content (AvgIpc) is 2.79. The molecule has 0 unspecified atom stereocenters. The van der Waals surface area contributed by atoms with Crippen LogP contribution in [0.15, 0.2) is 70.7 Å². The number of rotatable bonds is 5. The van der Waals surface area contributed by atoms with Crippen LogP contribution in [0.4, 0.5) is 14.9 Å². The zero-order valence-electron chi connectivity index (χ0n) is 18.4. The highest BCUT2D eigenvalue weighted by atomic mass is 79.9. The molecule has 4 amide bonds. The molecule has 3 aromatic rings. The van der Waals surface area contributed by atoms with Crippen molar-refractivity contribution < 1.29 is 23.5 Å². The SMILES string of the molecule is Cc1ccc(N2C(=O)NC(=O)/C(=C\c3cc(Br)ccc3OCc3ccc(F)cc3)C2=O)cc1C. The number of hydrogen-bond acceptors (Lipinski definition) is 4. The van der Waals surface area contributed by atoms with Gasteiger partial charge in [-0.05, 0) is 79.1 Å². The number of barbiturate groups is 1. The lowest BCUT2D eigenvalue weighted by Crippen LogP contribution is -2.54. The molecule has 0 bridgehead atoms. The van der Waals surface area contributed by atoms with Crippen molar-refractivity contribution in [3.05, 3.63) is 98.8 Å². The maximum atomic E-state index is 13.2. The summed E-state index contributed by atoms with van der Waals surface area (Å²) in [5, 5.41) is 2.23. The molecule has 34 heavy (non-hydrogen) atoms. The molecule has 172 valence electrons. The molecular weight excluding hydrogens is 503 g/mol. The van der Waals surface area contributed by atoms with Gasteiger partial charge in [0.2, 0.25) is 0 Å². The number of ether oxygens (including phenoxy) is 1. The number of aryl methyl sites for hydroxylation is 2. The van der Waals surface area contributed by atoms with Gasteiger partial charge in [0, 0.05) is 10.0 Å². The number of anilines is 1. The number of urea groups is 1. The van der Waals surface area contributed by atoms with Crippen LogP contribution in [0.3, 0.4) is 0 Å². The molecule has 1 N–H and O–H groups in total. The van der Waals surface area contributed by atoms with Gasteiger partial charge in [0.1, 0.15) is 23.7 Å². The van der Waals surface area contributed by atoms with Gasteiger partial charge < -0.3 is 4.74 Å². The van der Waals surface area contributed by atoms with E-state index in [9.17, 15) is 18.8 Å². The fraction of sp³-hybridized carbons (Fsp3) is 0.115. The van der Waals surface area contributed by atoms with E-state index in [1.54, 1.807) is 48.5 Å². The Morgan fingerprint density at radius 2 is 1.71 bits per heavy atom. The molecule has 0 aliphatic carbocycles. The van der Waals surface area contributed by atoms with Gasteiger partial charge in [-0.15, -0.1) is 0 Å². The largest absolute Gasteiger partial charge is 0.488 e. The minimum Gasteiger partial charge on any atom is -0.488 e. The average molecular weight is 523 g/mol. The quantitative estimate of drug-likeness (QED) is 0.357. The summed E-state index contributed by atoms with van der Waals surface area (Å²) in [7, 11) is 0. The zero-order valence-corrected chi connectivity index (χ0v) is 20.0. The van der Waals surface area contributed by atoms with Crippen LogP contribution in [0, 0.1) is 19.7 Å². The van der Waals surface area contributed by atoms with E-state index >= 15 is 0 Å². The Morgan fingerprint density at radius 3 is 2.41 bits per heavy atom. The van der Waals surface area contributed by atoms with Crippen molar-refractivity contribution in [1.29, 1.82) is 0 Å². The van der Waals surface area contributed by atoms with Crippen molar-refractivity contribution in [2.75, 3.05) is 4.90 Å². The van der Waals surface area contributed by atoms with Crippen LogP contribution in [-0.2, 0) is 16.2 Å². The third-order valence-corrected chi connectivity index (χ3v) is 5.92. The standard InChI is InChI=1S/C26H20BrFN2O4/c1-15-3-9-21(11-16(15)2)30-25(32)22(24(31)29-26(30)33)13-18-12-19(27)6-10-23(18)34-14-17-4-7-20(28)8-5-17/h3-13H,14H2,1-2H3,(H,29,31,33)/b22-13+. The molecule has 4 rings (SSSR count). The number of nitrogens with zero attached hydrogens (tertiary/aromatic N) is 1. The van der Waals surface area contributed by atoms with Crippen LogP contribution in [0.2, 0.25) is 0 Å². The van der Waals surface area contributed by atoms with Crippen LogP contribution >= 0.6 is 15.9 Å². The Morgan fingerprint density at radius 1 is 0.971 bits per heavy atom. The van der Waals surface area contributed by atoms with Gasteiger partial charge in [-0.1, -0.05) is 34.1 Å². The molecule has 1 heterocycles. The fourth-order valence-corrected chi connectivity index (χ4v) is 3.80. The number of benzene rings is 3. The van der Waals surface area contributed by atoms with E-state index in [0.717, 1.165) is 21.6 Å². The second kappa shape index (κ2) is 9.61. The van der Waals surface area contributed by atoms with Crippen LogP contribution < -0.4 is 15.0 Å². The van der Waals surface area contributed by atoms with Crippen LogP contribution in [0.5, 0.6) is 5.75 Å². The Bertz CT molecular complexity index is 1340. The van der Waals surface area contributed by atoms with Crippen molar-refractivity contribution in [2.24, 2.45) is 0 Å². The molecule has 1 aliphatic heterocycles. The Kier molecular flexibility index (Phi) is 6.61. The summed E-state index contributed by atoms with van der Waals surface area (Å²) >= 11 is 3.39. The Balaban J connectivity index is 1.67. The lowest BCUT2D eigenvalue weighted by Gasteiger charge is -2.27. The number of halogens is 2. The van der Waals surface area contributed by atoms with Crippen molar-refractivity contribution in [2.45, 2.75) is 20.5 Å². The Hall–Kier alpha value is -3.78. The minimum atomic E-state index is -0.808. The monoisotopic (exact) mass is 522 g/mol. The summed E-state index contributed by atoms with van der Waals surface area (Å²) in [5.74, 6) is -1.46. The molecule has 6 nitrogen and oxygen atoms in total. The second-order valence-corrected chi connectivity index (χ2v) is 8.74. The number of imide groups is 2. The van der Waals surface area contributed by atoms with Gasteiger partial charge in [0.25, 0.3) is 11.8 Å². The van der Waals surface area contributed by atoms with E-state index in [1.165, 1.54) is 18.2 Å². The fourth-order valence-electron chi connectivity index (χ4n) is 3.42. The summed E-state index contributed by atoms with van der Waals surface area (Å²) < 4.78 is 19.8. The first-order valence-electron chi connectivity index (χ1n) is 10.4. The summed E-state index contributed by atoms with van der Waals surface area (Å²) in [6.07, 6.45) is 1.39. The van der Waals surface area contributed by atoms with E-state index in [0.29, 0.717) is 21.5 Å². The van der Waals surface area contributed by atoms with Gasteiger partial charge in [-0.2, -0.15) is 0 Å². The third kappa shape index (κ3) is 4.92. The Labute approximate surface area is 204 Å². The molecule has 0 radical (unpaired) electrons. The lowest BCUT2D eigenvalue weighted by atomic mass is 10.0. The first-order chi connectivity index (χ1) is 16.2. The zero-order chi connectivity index (χ0) is 24.4. The predicted molar refractivity (Wildman–Crippen MR) is 130 cm³/mol. The second-order valence-electron chi connectivity index (χ2n) is 7.82. The molecule has 0 aromatic heterocycles. The minimum absolute atomic E-state index is 0.158. The molecular formula is C26H20BrFN2O4. The smallest absolute Gasteiger partial charge is 0.335 e. The predicted octanol–water partition coefficient (Wildman–Crippen LogP) is 5.45. The molecule has 1 saturated heterocycles. The van der Waals surface area contributed by atoms with Crippen molar-refractivity contribution in [3.63, 3.8) is 0 Å². The number of nitrogens with one attached hydrogen (secondary N) is 1. The first kappa shape index (κ1) is 23.4. The number of carbonyl (C=O) groups excluding carboxylic acids is 3. The van der Waals surface area contributed by atoms with Gasteiger partial charge >= 0.3 is 6.03 Å². The summed E-state index contributed by atoms with van der Waals surface area (Å²) in [6.45, 7) is 3.96. The topological polar surface area (TPSA) is 75.7 Å². The van der Waals surface area contributed by atoms with Crippen LogP contribution in [0.25, 0.3) is 6.08 Å². The molecule has 0 saturated carbocycles. The van der Waals surface area contributed by atoms with Crippen LogP contribution in [0.1, 0.15) is 22.3 Å². The molecule has 3 aromatic carbocycles. The van der Waals surface area contributed by atoms with E-state index in [1.807, 2.05) is 13.8 Å². The van der Waals surface area contributed by atoms with Crippen molar-refractivity contribution in [3.8, 4) is 5.75 Å². The summed E-state index contributed by atoms with van der Waals surface area (Å²) in [4.78, 5) is 39.3. The maximum absolute atomic E-state index is 13.2. The summed E-state index contributed by atoms with van der Waals surface area (Å²) in [5.41, 5.74) is 3.29. The van der Waals surface area contributed by atoms with Gasteiger partial charge in [-0.3, -0.25) is 14.9 Å². The molecule has 1 aliphatic rings. The van der Waals surface area contributed by atoms with E-state index in [-0.39, 0.29) is 18.0 Å². The highest BCUT2D eigenvalue weighted by molar-refractivity contribution is 9.10. The highest BCUT2D eigenvalue weighted by Crippen LogP contribution is 2.29. The van der Waals surface area contributed by atoms with Gasteiger partial charge in [-0.25, -0.2) is 14.1 Å². The number of carbonyl (C=O) groups is 3. The molecule has 8 heteroatoms. The maximum Gasteiger partial charge on any atom is 0.335 e.